The Morgan fingerprint density at radius 2 is 2.00 bits per heavy atom. The summed E-state index contributed by atoms with van der Waals surface area (Å²) in [4.78, 5) is 0.271. The molecule has 1 heterocycles. The Bertz CT molecular complexity index is 519. The Balaban J connectivity index is 2.05. The molecule has 1 aliphatic heterocycles. The lowest BCUT2D eigenvalue weighted by atomic mass is 10.0. The quantitative estimate of drug-likeness (QED) is 0.861. The zero-order valence-electron chi connectivity index (χ0n) is 11.3. The Kier molecular flexibility index (Phi) is 4.13. The Morgan fingerprint density at radius 1 is 1.32 bits per heavy atom. The van der Waals surface area contributed by atoms with Crippen LogP contribution in [0.15, 0.2) is 29.2 Å². The van der Waals surface area contributed by atoms with Crippen molar-refractivity contribution in [3.05, 3.63) is 24.3 Å². The molecular formula is C13H20N2O3S. The minimum atomic E-state index is -3.47. The van der Waals surface area contributed by atoms with Gasteiger partial charge in [0.25, 0.3) is 0 Å². The molecule has 2 N–H and O–H groups in total. The first-order valence-corrected chi connectivity index (χ1v) is 7.85. The Hall–Kier alpha value is -1.11. The number of ether oxygens (including phenoxy) is 1. The lowest BCUT2D eigenvalue weighted by Crippen LogP contribution is -2.40. The van der Waals surface area contributed by atoms with E-state index in [4.69, 9.17) is 4.74 Å². The molecule has 0 aliphatic carbocycles. The van der Waals surface area contributed by atoms with Crippen LogP contribution in [-0.2, 0) is 14.8 Å². The maximum Gasteiger partial charge on any atom is 0.240 e. The molecule has 19 heavy (non-hydrogen) atoms. The third-order valence-electron chi connectivity index (χ3n) is 3.39. The maximum atomic E-state index is 12.1. The van der Waals surface area contributed by atoms with Crippen molar-refractivity contribution in [2.45, 2.75) is 30.3 Å². The van der Waals surface area contributed by atoms with Gasteiger partial charge in [-0.15, -0.1) is 0 Å². The van der Waals surface area contributed by atoms with E-state index in [0.717, 1.165) is 18.5 Å². The second-order valence-corrected chi connectivity index (χ2v) is 6.77. The second-order valence-electron chi connectivity index (χ2n) is 5.00. The molecule has 0 saturated carbocycles. The standard InChI is InChI=1S/C13H20N2O3S/c1-13(8-3-9-18-13)10-15-19(16,17)12-6-4-11(14-2)5-7-12/h4-7,14-15H,3,8-10H2,1-2H3. The predicted octanol–water partition coefficient (Wildman–Crippen LogP) is 1.58. The average Bonchev–Trinajstić information content (AvgIpc) is 2.84. The zero-order chi connectivity index (χ0) is 13.9. The molecule has 1 aliphatic rings. The number of rotatable bonds is 5. The van der Waals surface area contributed by atoms with E-state index in [1.54, 1.807) is 31.3 Å². The molecule has 0 bridgehead atoms. The summed E-state index contributed by atoms with van der Waals surface area (Å²) in [5, 5.41) is 2.95. The van der Waals surface area contributed by atoms with E-state index < -0.39 is 10.0 Å². The highest BCUT2D eigenvalue weighted by Crippen LogP contribution is 2.24. The van der Waals surface area contributed by atoms with Gasteiger partial charge in [0.1, 0.15) is 0 Å². The summed E-state index contributed by atoms with van der Waals surface area (Å²) in [5.74, 6) is 0. The molecule has 0 amide bonds. The SMILES string of the molecule is CNc1ccc(S(=O)(=O)NCC2(C)CCCO2)cc1. The van der Waals surface area contributed by atoms with Gasteiger partial charge in [-0.05, 0) is 44.0 Å². The smallest absolute Gasteiger partial charge is 0.240 e. The van der Waals surface area contributed by atoms with E-state index >= 15 is 0 Å². The largest absolute Gasteiger partial charge is 0.388 e. The first-order valence-electron chi connectivity index (χ1n) is 6.37. The molecule has 5 nitrogen and oxygen atoms in total. The summed E-state index contributed by atoms with van der Waals surface area (Å²) in [7, 11) is -1.68. The van der Waals surface area contributed by atoms with Gasteiger partial charge in [0.05, 0.1) is 10.5 Å². The summed E-state index contributed by atoms with van der Waals surface area (Å²) in [6, 6.07) is 6.66. The van der Waals surface area contributed by atoms with Crippen LogP contribution in [0.5, 0.6) is 0 Å². The topological polar surface area (TPSA) is 67.4 Å². The van der Waals surface area contributed by atoms with Crippen molar-refractivity contribution in [3.63, 3.8) is 0 Å². The molecule has 106 valence electrons. The van der Waals surface area contributed by atoms with Gasteiger partial charge in [0, 0.05) is 25.9 Å². The van der Waals surface area contributed by atoms with Gasteiger partial charge in [-0.1, -0.05) is 0 Å². The average molecular weight is 284 g/mol. The van der Waals surface area contributed by atoms with Gasteiger partial charge in [0.2, 0.25) is 10.0 Å². The summed E-state index contributed by atoms with van der Waals surface area (Å²) in [5.41, 5.74) is 0.503. The first-order chi connectivity index (χ1) is 8.95. The molecule has 0 aromatic heterocycles. The summed E-state index contributed by atoms with van der Waals surface area (Å²) in [6.45, 7) is 2.95. The van der Waals surface area contributed by atoms with Crippen molar-refractivity contribution in [2.24, 2.45) is 0 Å². The lowest BCUT2D eigenvalue weighted by molar-refractivity contribution is 0.0250. The molecule has 6 heteroatoms. The van der Waals surface area contributed by atoms with Crippen molar-refractivity contribution >= 4 is 15.7 Å². The van der Waals surface area contributed by atoms with Crippen LogP contribution in [0.1, 0.15) is 19.8 Å². The third kappa shape index (κ3) is 3.46. The lowest BCUT2D eigenvalue weighted by Gasteiger charge is -2.23. The molecule has 1 saturated heterocycles. The van der Waals surface area contributed by atoms with Crippen molar-refractivity contribution in [3.8, 4) is 0 Å². The number of hydrogen-bond donors (Lipinski definition) is 2. The molecule has 1 fully saturated rings. The molecule has 1 aromatic carbocycles. The minimum Gasteiger partial charge on any atom is -0.388 e. The van der Waals surface area contributed by atoms with Gasteiger partial charge >= 0.3 is 0 Å². The first kappa shape index (κ1) is 14.3. The molecule has 0 radical (unpaired) electrons. The molecule has 1 unspecified atom stereocenters. The fourth-order valence-electron chi connectivity index (χ4n) is 2.11. The van der Waals surface area contributed by atoms with Gasteiger partial charge < -0.3 is 10.1 Å². The monoisotopic (exact) mass is 284 g/mol. The Labute approximate surface area is 114 Å². The highest BCUT2D eigenvalue weighted by atomic mass is 32.2. The van der Waals surface area contributed by atoms with Crippen molar-refractivity contribution in [1.29, 1.82) is 0 Å². The normalized spacial score (nSPS) is 23.5. The molecule has 2 rings (SSSR count). The van der Waals surface area contributed by atoms with Crippen LogP contribution in [0.4, 0.5) is 5.69 Å². The number of nitrogens with one attached hydrogen (secondary N) is 2. The van der Waals surface area contributed by atoms with Crippen LogP contribution >= 0.6 is 0 Å². The van der Waals surface area contributed by atoms with Crippen molar-refractivity contribution < 1.29 is 13.2 Å². The van der Waals surface area contributed by atoms with Crippen LogP contribution < -0.4 is 10.0 Å². The third-order valence-corrected chi connectivity index (χ3v) is 4.81. The van der Waals surface area contributed by atoms with Crippen molar-refractivity contribution in [2.75, 3.05) is 25.5 Å². The van der Waals surface area contributed by atoms with Crippen LogP contribution in [0.2, 0.25) is 0 Å². The fourth-order valence-corrected chi connectivity index (χ4v) is 3.26. The maximum absolute atomic E-state index is 12.1. The summed E-state index contributed by atoms with van der Waals surface area (Å²) >= 11 is 0. The molecule has 0 spiro atoms. The van der Waals surface area contributed by atoms with E-state index in [0.29, 0.717) is 13.2 Å². The molecule has 1 aromatic rings. The van der Waals surface area contributed by atoms with E-state index in [-0.39, 0.29) is 10.5 Å². The zero-order valence-corrected chi connectivity index (χ0v) is 12.1. The molecule has 1 atom stereocenters. The van der Waals surface area contributed by atoms with Crippen LogP contribution in [0.3, 0.4) is 0 Å². The summed E-state index contributed by atoms with van der Waals surface area (Å²) < 4.78 is 32.5. The van der Waals surface area contributed by atoms with Crippen LogP contribution in [0.25, 0.3) is 0 Å². The van der Waals surface area contributed by atoms with Gasteiger partial charge in [-0.25, -0.2) is 13.1 Å². The number of sulfonamides is 1. The van der Waals surface area contributed by atoms with E-state index in [9.17, 15) is 8.42 Å². The number of benzene rings is 1. The highest BCUT2D eigenvalue weighted by Gasteiger charge is 2.31. The van der Waals surface area contributed by atoms with E-state index in [1.807, 2.05) is 6.92 Å². The number of hydrogen-bond acceptors (Lipinski definition) is 4. The second kappa shape index (κ2) is 5.48. The highest BCUT2D eigenvalue weighted by molar-refractivity contribution is 7.89. The number of anilines is 1. The van der Waals surface area contributed by atoms with Crippen LogP contribution in [-0.4, -0.2) is 34.2 Å². The Morgan fingerprint density at radius 3 is 2.53 bits per heavy atom. The van der Waals surface area contributed by atoms with Crippen molar-refractivity contribution in [1.82, 2.24) is 4.72 Å². The predicted molar refractivity (Wildman–Crippen MR) is 74.8 cm³/mol. The molecular weight excluding hydrogens is 264 g/mol. The van der Waals surface area contributed by atoms with Gasteiger partial charge in [0.15, 0.2) is 0 Å². The van der Waals surface area contributed by atoms with Crippen LogP contribution in [0, 0.1) is 0 Å². The van der Waals surface area contributed by atoms with E-state index in [2.05, 4.69) is 10.0 Å². The van der Waals surface area contributed by atoms with Gasteiger partial charge in [-0.3, -0.25) is 0 Å². The van der Waals surface area contributed by atoms with E-state index in [1.165, 1.54) is 0 Å². The fraction of sp³-hybridized carbons (Fsp3) is 0.538. The van der Waals surface area contributed by atoms with Gasteiger partial charge in [-0.2, -0.15) is 0 Å². The minimum absolute atomic E-state index is 0.271. The summed E-state index contributed by atoms with van der Waals surface area (Å²) in [6.07, 6.45) is 1.86.